The number of phenolic OH excluding ortho intramolecular Hbond substituents is 1. The first-order valence-electron chi connectivity index (χ1n) is 6.08. The van der Waals surface area contributed by atoms with Crippen LogP contribution in [0.25, 0.3) is 11.0 Å². The second kappa shape index (κ2) is 5.12. The SMILES string of the molecule is CCCc1c(O)ccc2cc(C(=O)OCC)oc12. The van der Waals surface area contributed by atoms with Crippen LogP contribution < -0.4 is 0 Å². The maximum atomic E-state index is 11.6. The Morgan fingerprint density at radius 3 is 2.83 bits per heavy atom. The number of ether oxygens (including phenoxy) is 1. The van der Waals surface area contributed by atoms with Crippen LogP contribution in [0.3, 0.4) is 0 Å². The molecule has 2 aromatic rings. The number of carbonyl (C=O) groups excluding carboxylic acids is 1. The van der Waals surface area contributed by atoms with Crippen LogP contribution in [0.15, 0.2) is 22.6 Å². The normalized spacial score (nSPS) is 10.8. The van der Waals surface area contributed by atoms with Crippen molar-refractivity contribution in [2.24, 2.45) is 0 Å². The number of fused-ring (bicyclic) bond motifs is 1. The van der Waals surface area contributed by atoms with E-state index in [0.717, 1.165) is 17.4 Å². The third kappa shape index (κ3) is 2.18. The molecule has 0 aliphatic heterocycles. The summed E-state index contributed by atoms with van der Waals surface area (Å²) >= 11 is 0. The van der Waals surface area contributed by atoms with Crippen molar-refractivity contribution in [1.29, 1.82) is 0 Å². The summed E-state index contributed by atoms with van der Waals surface area (Å²) in [5, 5.41) is 10.6. The molecule has 4 nitrogen and oxygen atoms in total. The van der Waals surface area contributed by atoms with Crippen molar-refractivity contribution in [3.63, 3.8) is 0 Å². The van der Waals surface area contributed by atoms with Crippen LogP contribution in [0.5, 0.6) is 5.75 Å². The van der Waals surface area contributed by atoms with Gasteiger partial charge in [0.15, 0.2) is 0 Å². The monoisotopic (exact) mass is 248 g/mol. The molecule has 0 atom stereocenters. The van der Waals surface area contributed by atoms with E-state index in [1.54, 1.807) is 25.1 Å². The molecular weight excluding hydrogens is 232 g/mol. The summed E-state index contributed by atoms with van der Waals surface area (Å²) < 4.78 is 10.4. The minimum atomic E-state index is -0.476. The third-order valence-corrected chi connectivity index (χ3v) is 2.74. The molecule has 18 heavy (non-hydrogen) atoms. The van der Waals surface area contributed by atoms with Gasteiger partial charge in [-0.05, 0) is 31.5 Å². The van der Waals surface area contributed by atoms with E-state index in [4.69, 9.17) is 9.15 Å². The molecular formula is C14H16O4. The maximum absolute atomic E-state index is 11.6. The first-order chi connectivity index (χ1) is 8.67. The molecule has 0 fully saturated rings. The van der Waals surface area contributed by atoms with Gasteiger partial charge in [0, 0.05) is 10.9 Å². The lowest BCUT2D eigenvalue weighted by Crippen LogP contribution is -2.02. The fraction of sp³-hybridized carbons (Fsp3) is 0.357. The molecule has 1 N–H and O–H groups in total. The van der Waals surface area contributed by atoms with Crippen LogP contribution in [-0.2, 0) is 11.2 Å². The molecule has 0 saturated carbocycles. The summed E-state index contributed by atoms with van der Waals surface area (Å²) in [7, 11) is 0. The highest BCUT2D eigenvalue weighted by Gasteiger charge is 2.16. The summed E-state index contributed by atoms with van der Waals surface area (Å²) in [5.74, 6) is -0.0976. The zero-order valence-corrected chi connectivity index (χ0v) is 10.5. The summed E-state index contributed by atoms with van der Waals surface area (Å²) in [6, 6.07) is 5.00. The topological polar surface area (TPSA) is 59.7 Å². The molecule has 1 aromatic heterocycles. The predicted molar refractivity (Wildman–Crippen MR) is 67.8 cm³/mol. The third-order valence-electron chi connectivity index (χ3n) is 2.74. The van der Waals surface area contributed by atoms with Gasteiger partial charge in [-0.2, -0.15) is 0 Å². The van der Waals surface area contributed by atoms with Crippen LogP contribution in [0, 0.1) is 0 Å². The number of phenols is 1. The number of aromatic hydroxyl groups is 1. The minimum absolute atomic E-state index is 0.176. The van der Waals surface area contributed by atoms with E-state index in [0.29, 0.717) is 18.6 Å². The molecule has 0 aliphatic rings. The summed E-state index contributed by atoms with van der Waals surface area (Å²) in [6.45, 7) is 4.07. The largest absolute Gasteiger partial charge is 0.508 e. The van der Waals surface area contributed by atoms with Gasteiger partial charge in [-0.1, -0.05) is 13.3 Å². The molecule has 1 heterocycles. The van der Waals surface area contributed by atoms with Crippen molar-refractivity contribution in [2.75, 3.05) is 6.61 Å². The molecule has 2 rings (SSSR count). The van der Waals surface area contributed by atoms with Gasteiger partial charge in [0.25, 0.3) is 0 Å². The first-order valence-corrected chi connectivity index (χ1v) is 6.08. The van der Waals surface area contributed by atoms with Crippen molar-refractivity contribution >= 4 is 16.9 Å². The number of hydrogen-bond acceptors (Lipinski definition) is 4. The molecule has 96 valence electrons. The highest BCUT2D eigenvalue weighted by atomic mass is 16.5. The van der Waals surface area contributed by atoms with Gasteiger partial charge in [0.1, 0.15) is 11.3 Å². The Morgan fingerprint density at radius 1 is 1.39 bits per heavy atom. The maximum Gasteiger partial charge on any atom is 0.374 e. The molecule has 0 unspecified atom stereocenters. The van der Waals surface area contributed by atoms with Crippen molar-refractivity contribution in [3.05, 3.63) is 29.5 Å². The van der Waals surface area contributed by atoms with Crippen LogP contribution in [-0.4, -0.2) is 17.7 Å². The number of hydrogen-bond donors (Lipinski definition) is 1. The Morgan fingerprint density at radius 2 is 2.17 bits per heavy atom. The second-order valence-electron chi connectivity index (χ2n) is 4.06. The zero-order valence-electron chi connectivity index (χ0n) is 10.5. The summed E-state index contributed by atoms with van der Waals surface area (Å²) in [5.41, 5.74) is 1.31. The van der Waals surface area contributed by atoms with Gasteiger partial charge in [0.2, 0.25) is 5.76 Å². The Labute approximate surface area is 105 Å². The Hall–Kier alpha value is -1.97. The van der Waals surface area contributed by atoms with Gasteiger partial charge in [0.05, 0.1) is 6.61 Å². The van der Waals surface area contributed by atoms with E-state index in [1.807, 2.05) is 6.92 Å². The van der Waals surface area contributed by atoms with Crippen molar-refractivity contribution in [3.8, 4) is 5.75 Å². The number of furan rings is 1. The molecule has 0 aliphatic carbocycles. The quantitative estimate of drug-likeness (QED) is 0.843. The lowest BCUT2D eigenvalue weighted by molar-refractivity contribution is 0.0492. The molecule has 0 saturated heterocycles. The second-order valence-corrected chi connectivity index (χ2v) is 4.06. The Balaban J connectivity index is 2.50. The van der Waals surface area contributed by atoms with Gasteiger partial charge in [-0.25, -0.2) is 4.79 Å². The molecule has 0 spiro atoms. The van der Waals surface area contributed by atoms with Gasteiger partial charge >= 0.3 is 5.97 Å². The summed E-state index contributed by atoms with van der Waals surface area (Å²) in [6.07, 6.45) is 1.60. The average Bonchev–Trinajstić information content (AvgIpc) is 2.77. The van der Waals surface area contributed by atoms with Gasteiger partial charge < -0.3 is 14.3 Å². The average molecular weight is 248 g/mol. The first kappa shape index (κ1) is 12.5. The van der Waals surface area contributed by atoms with E-state index >= 15 is 0 Å². The zero-order chi connectivity index (χ0) is 13.1. The van der Waals surface area contributed by atoms with Gasteiger partial charge in [-0.3, -0.25) is 0 Å². The predicted octanol–water partition coefficient (Wildman–Crippen LogP) is 3.27. The van der Waals surface area contributed by atoms with E-state index < -0.39 is 5.97 Å². The number of carbonyl (C=O) groups is 1. The Bertz CT molecular complexity index is 568. The van der Waals surface area contributed by atoms with Crippen molar-refractivity contribution in [2.45, 2.75) is 26.7 Å². The van der Waals surface area contributed by atoms with Crippen molar-refractivity contribution < 1.29 is 19.1 Å². The van der Waals surface area contributed by atoms with Gasteiger partial charge in [-0.15, -0.1) is 0 Å². The fourth-order valence-corrected chi connectivity index (χ4v) is 1.94. The van der Waals surface area contributed by atoms with Crippen LogP contribution in [0.1, 0.15) is 36.4 Å². The van der Waals surface area contributed by atoms with E-state index in [-0.39, 0.29) is 11.5 Å². The molecule has 4 heteroatoms. The highest BCUT2D eigenvalue weighted by molar-refractivity contribution is 5.94. The Kier molecular flexibility index (Phi) is 3.55. The van der Waals surface area contributed by atoms with Crippen LogP contribution >= 0.6 is 0 Å². The van der Waals surface area contributed by atoms with E-state index in [9.17, 15) is 9.90 Å². The van der Waals surface area contributed by atoms with Crippen LogP contribution in [0.4, 0.5) is 0 Å². The van der Waals surface area contributed by atoms with E-state index in [1.165, 1.54) is 0 Å². The number of esters is 1. The molecule has 0 bridgehead atoms. The number of rotatable bonds is 4. The fourth-order valence-electron chi connectivity index (χ4n) is 1.94. The smallest absolute Gasteiger partial charge is 0.374 e. The van der Waals surface area contributed by atoms with Crippen LogP contribution in [0.2, 0.25) is 0 Å². The molecule has 0 radical (unpaired) electrons. The highest BCUT2D eigenvalue weighted by Crippen LogP contribution is 2.31. The molecule has 0 amide bonds. The standard InChI is InChI=1S/C14H16O4/c1-3-5-10-11(15)7-6-9-8-12(18-13(9)10)14(16)17-4-2/h6-8,15H,3-5H2,1-2H3. The lowest BCUT2D eigenvalue weighted by Gasteiger charge is -2.03. The lowest BCUT2D eigenvalue weighted by atomic mass is 10.1. The minimum Gasteiger partial charge on any atom is -0.508 e. The molecule has 1 aromatic carbocycles. The number of aryl methyl sites for hydroxylation is 1. The summed E-state index contributed by atoms with van der Waals surface area (Å²) in [4.78, 5) is 11.6. The van der Waals surface area contributed by atoms with E-state index in [2.05, 4.69) is 0 Å². The van der Waals surface area contributed by atoms with Crippen molar-refractivity contribution in [1.82, 2.24) is 0 Å². The number of benzene rings is 1.